The summed E-state index contributed by atoms with van der Waals surface area (Å²) >= 11 is 0. The Morgan fingerprint density at radius 3 is 2.67 bits per heavy atom. The minimum absolute atomic E-state index is 0.140. The van der Waals surface area contributed by atoms with E-state index in [1.54, 1.807) is 6.92 Å². The fourth-order valence-corrected chi connectivity index (χ4v) is 0.503. The Balaban J connectivity index is 3.41. The summed E-state index contributed by atoms with van der Waals surface area (Å²) in [6.07, 6.45) is 6.55. The summed E-state index contributed by atoms with van der Waals surface area (Å²) < 4.78 is 0. The van der Waals surface area contributed by atoms with E-state index in [2.05, 4.69) is 5.92 Å². The van der Waals surface area contributed by atoms with Crippen LogP contribution in [0.1, 0.15) is 26.7 Å². The number of hydrogen-bond donors (Lipinski definition) is 0. The first-order valence-electron chi connectivity index (χ1n) is 3.12. The smallest absolute Gasteiger partial charge is 0.132 e. The van der Waals surface area contributed by atoms with Crippen LogP contribution < -0.4 is 0 Å². The Morgan fingerprint density at radius 1 is 1.78 bits per heavy atom. The lowest BCUT2D eigenvalue weighted by Crippen LogP contribution is -2.04. The highest BCUT2D eigenvalue weighted by atomic mass is 16.1. The van der Waals surface area contributed by atoms with Gasteiger partial charge in [-0.3, -0.25) is 4.79 Å². The molecular weight excluding hydrogens is 112 g/mol. The van der Waals surface area contributed by atoms with Crippen LogP contribution in [0, 0.1) is 18.3 Å². The molecule has 0 radical (unpaired) electrons. The standard InChI is InChI=1S/C8H12O/c1-4-5-6-7(2)8(3)9/h1,7H,5-6H2,2-3H3. The molecule has 1 atom stereocenters. The summed E-state index contributed by atoms with van der Waals surface area (Å²) in [7, 11) is 0. The molecule has 0 spiro atoms. The predicted octanol–water partition coefficient (Wildman–Crippen LogP) is 1.62. The van der Waals surface area contributed by atoms with Crippen molar-refractivity contribution in [3.63, 3.8) is 0 Å². The maximum Gasteiger partial charge on any atom is 0.132 e. The van der Waals surface area contributed by atoms with Crippen molar-refractivity contribution in [2.45, 2.75) is 26.7 Å². The number of carbonyl (C=O) groups excluding carboxylic acids is 1. The molecule has 0 N–H and O–H groups in total. The topological polar surface area (TPSA) is 17.1 Å². The van der Waals surface area contributed by atoms with Gasteiger partial charge < -0.3 is 0 Å². The lowest BCUT2D eigenvalue weighted by Gasteiger charge is -2.01. The van der Waals surface area contributed by atoms with Crippen LogP contribution in [0.15, 0.2) is 0 Å². The van der Waals surface area contributed by atoms with Crippen molar-refractivity contribution >= 4 is 5.78 Å². The number of rotatable bonds is 3. The van der Waals surface area contributed by atoms with E-state index in [1.165, 1.54) is 0 Å². The molecular formula is C8H12O. The van der Waals surface area contributed by atoms with Gasteiger partial charge in [0.05, 0.1) is 0 Å². The second-order valence-corrected chi connectivity index (χ2v) is 2.25. The van der Waals surface area contributed by atoms with Crippen molar-refractivity contribution in [3.05, 3.63) is 0 Å². The summed E-state index contributed by atoms with van der Waals surface area (Å²) in [5.41, 5.74) is 0. The van der Waals surface area contributed by atoms with E-state index in [0.29, 0.717) is 6.42 Å². The number of carbonyl (C=O) groups is 1. The maximum atomic E-state index is 10.6. The highest BCUT2D eigenvalue weighted by Crippen LogP contribution is 2.04. The molecule has 0 heterocycles. The Bertz CT molecular complexity index is 130. The first kappa shape index (κ1) is 8.23. The van der Waals surface area contributed by atoms with Crippen molar-refractivity contribution in [3.8, 4) is 12.3 Å². The van der Waals surface area contributed by atoms with Gasteiger partial charge >= 0.3 is 0 Å². The SMILES string of the molecule is C#CCCC(C)C(C)=O. The lowest BCUT2D eigenvalue weighted by atomic mass is 10.0. The fourth-order valence-electron chi connectivity index (χ4n) is 0.503. The van der Waals surface area contributed by atoms with Crippen LogP contribution in [0.2, 0.25) is 0 Å². The minimum Gasteiger partial charge on any atom is -0.300 e. The molecule has 0 aliphatic heterocycles. The summed E-state index contributed by atoms with van der Waals surface area (Å²) in [4.78, 5) is 10.6. The molecule has 0 bridgehead atoms. The molecule has 0 aromatic carbocycles. The molecule has 0 saturated heterocycles. The van der Waals surface area contributed by atoms with Crippen molar-refractivity contribution in [2.75, 3.05) is 0 Å². The number of Topliss-reactive ketones (excluding diaryl/α,β-unsaturated/α-hetero) is 1. The van der Waals surface area contributed by atoms with Gasteiger partial charge in [0.25, 0.3) is 0 Å². The summed E-state index contributed by atoms with van der Waals surface area (Å²) in [6, 6.07) is 0. The van der Waals surface area contributed by atoms with Gasteiger partial charge in [0.2, 0.25) is 0 Å². The largest absolute Gasteiger partial charge is 0.300 e. The van der Waals surface area contributed by atoms with Gasteiger partial charge in [-0.15, -0.1) is 12.3 Å². The zero-order chi connectivity index (χ0) is 7.28. The van der Waals surface area contributed by atoms with E-state index < -0.39 is 0 Å². The van der Waals surface area contributed by atoms with E-state index in [1.807, 2.05) is 6.92 Å². The van der Waals surface area contributed by atoms with Gasteiger partial charge in [-0.25, -0.2) is 0 Å². The predicted molar refractivity (Wildman–Crippen MR) is 37.9 cm³/mol. The van der Waals surface area contributed by atoms with Gasteiger partial charge in [0.15, 0.2) is 0 Å². The molecule has 50 valence electrons. The maximum absolute atomic E-state index is 10.6. The second-order valence-electron chi connectivity index (χ2n) is 2.25. The van der Waals surface area contributed by atoms with Crippen LogP contribution in [0.5, 0.6) is 0 Å². The highest BCUT2D eigenvalue weighted by molar-refractivity contribution is 5.77. The molecule has 0 aliphatic carbocycles. The Labute approximate surface area is 56.5 Å². The van der Waals surface area contributed by atoms with Crippen LogP contribution in [0.25, 0.3) is 0 Å². The molecule has 1 nitrogen and oxygen atoms in total. The van der Waals surface area contributed by atoms with Gasteiger partial charge in [0.1, 0.15) is 5.78 Å². The molecule has 9 heavy (non-hydrogen) atoms. The van der Waals surface area contributed by atoms with Crippen molar-refractivity contribution < 1.29 is 4.79 Å². The van der Waals surface area contributed by atoms with Crippen LogP contribution >= 0.6 is 0 Å². The van der Waals surface area contributed by atoms with E-state index >= 15 is 0 Å². The minimum atomic E-state index is 0.140. The Hall–Kier alpha value is -0.770. The summed E-state index contributed by atoms with van der Waals surface area (Å²) in [5.74, 6) is 2.87. The normalized spacial score (nSPS) is 12.1. The second kappa shape index (κ2) is 4.14. The van der Waals surface area contributed by atoms with Crippen LogP contribution in [0.3, 0.4) is 0 Å². The van der Waals surface area contributed by atoms with Gasteiger partial charge in [-0.1, -0.05) is 6.92 Å². The molecule has 0 fully saturated rings. The average molecular weight is 124 g/mol. The van der Waals surface area contributed by atoms with E-state index in [4.69, 9.17) is 6.42 Å². The summed E-state index contributed by atoms with van der Waals surface area (Å²) in [6.45, 7) is 3.50. The van der Waals surface area contributed by atoms with E-state index in [0.717, 1.165) is 6.42 Å². The van der Waals surface area contributed by atoms with Gasteiger partial charge in [-0.05, 0) is 13.3 Å². The number of ketones is 1. The molecule has 0 saturated carbocycles. The van der Waals surface area contributed by atoms with Gasteiger partial charge in [0, 0.05) is 12.3 Å². The zero-order valence-corrected chi connectivity index (χ0v) is 5.98. The van der Waals surface area contributed by atoms with E-state index in [-0.39, 0.29) is 11.7 Å². The van der Waals surface area contributed by atoms with Crippen molar-refractivity contribution in [1.82, 2.24) is 0 Å². The monoisotopic (exact) mass is 124 g/mol. The Kier molecular flexibility index (Phi) is 3.79. The third kappa shape index (κ3) is 3.78. The molecule has 0 aromatic heterocycles. The van der Waals surface area contributed by atoms with Crippen molar-refractivity contribution in [2.24, 2.45) is 5.92 Å². The molecule has 1 unspecified atom stereocenters. The first-order valence-corrected chi connectivity index (χ1v) is 3.12. The van der Waals surface area contributed by atoms with Crippen LogP contribution in [-0.2, 0) is 4.79 Å². The Morgan fingerprint density at radius 2 is 2.33 bits per heavy atom. The number of terminal acetylenes is 1. The average Bonchev–Trinajstić information content (AvgIpc) is 1.82. The first-order chi connectivity index (χ1) is 4.18. The third-order valence-electron chi connectivity index (χ3n) is 1.42. The van der Waals surface area contributed by atoms with Gasteiger partial charge in [-0.2, -0.15) is 0 Å². The molecule has 1 heteroatoms. The molecule has 0 aromatic rings. The van der Waals surface area contributed by atoms with Crippen LogP contribution in [0.4, 0.5) is 0 Å². The lowest BCUT2D eigenvalue weighted by molar-refractivity contribution is -0.120. The fraction of sp³-hybridized carbons (Fsp3) is 0.625. The highest BCUT2D eigenvalue weighted by Gasteiger charge is 2.04. The zero-order valence-electron chi connectivity index (χ0n) is 5.98. The van der Waals surface area contributed by atoms with E-state index in [9.17, 15) is 4.79 Å². The molecule has 0 aliphatic rings. The third-order valence-corrected chi connectivity index (χ3v) is 1.42. The summed E-state index contributed by atoms with van der Waals surface area (Å²) in [5, 5.41) is 0. The number of hydrogen-bond acceptors (Lipinski definition) is 1. The molecule has 0 rings (SSSR count). The molecule has 0 amide bonds. The van der Waals surface area contributed by atoms with Crippen LogP contribution in [-0.4, -0.2) is 5.78 Å². The van der Waals surface area contributed by atoms with Crippen molar-refractivity contribution in [1.29, 1.82) is 0 Å². The quantitative estimate of drug-likeness (QED) is 0.522.